The number of hydrogen-bond acceptors (Lipinski definition) is 2. The van der Waals surface area contributed by atoms with Crippen molar-refractivity contribution in [2.75, 3.05) is 0 Å². The van der Waals surface area contributed by atoms with Gasteiger partial charge in [-0.15, -0.1) is 0 Å². The molecule has 0 aliphatic heterocycles. The van der Waals surface area contributed by atoms with E-state index >= 15 is 0 Å². The summed E-state index contributed by atoms with van der Waals surface area (Å²) in [6, 6.07) is 31.6. The molecule has 0 N–H and O–H groups in total. The Morgan fingerprint density at radius 3 is 1.46 bits per heavy atom. The molecule has 3 aromatic carbocycles. The van der Waals surface area contributed by atoms with E-state index in [4.69, 9.17) is 11.2 Å². The van der Waals surface area contributed by atoms with E-state index in [0.29, 0.717) is 6.16 Å². The maximum atomic E-state index is 7.96. The predicted molar refractivity (Wildman–Crippen MR) is 117 cm³/mol. The Labute approximate surface area is 163 Å². The minimum atomic E-state index is -3.22. The van der Waals surface area contributed by atoms with E-state index in [1.807, 2.05) is 29.8 Å². The second kappa shape index (κ2) is 6.96. The molecule has 0 saturated carbocycles. The van der Waals surface area contributed by atoms with Crippen LogP contribution in [0.25, 0.3) is 0 Å². The molecule has 0 bridgehead atoms. The number of hydrogen-bond donors (Lipinski definition) is 0. The van der Waals surface area contributed by atoms with Crippen molar-refractivity contribution in [3.63, 3.8) is 0 Å². The van der Waals surface area contributed by atoms with Gasteiger partial charge in [-0.3, -0.25) is 0 Å². The quantitative estimate of drug-likeness (QED) is 0.416. The Morgan fingerprint density at radius 2 is 1.12 bits per heavy atom. The van der Waals surface area contributed by atoms with E-state index in [0.717, 1.165) is 5.01 Å². The summed E-state index contributed by atoms with van der Waals surface area (Å²) in [5, 5.41) is 6.61. The molecular formula is C22H19ClNPS. The summed E-state index contributed by atoms with van der Waals surface area (Å²) in [5.41, 5.74) is 0. The zero-order valence-electron chi connectivity index (χ0n) is 14.2. The Hall–Kier alpha value is -1.99. The molecule has 0 aliphatic rings. The topological polar surface area (TPSA) is 12.9 Å². The van der Waals surface area contributed by atoms with E-state index < -0.39 is 5.96 Å². The number of halogens is 1. The van der Waals surface area contributed by atoms with Crippen LogP contribution in [0.15, 0.2) is 103 Å². The fourth-order valence-corrected chi connectivity index (χ4v) is 11.0. The van der Waals surface area contributed by atoms with Gasteiger partial charge in [-0.1, -0.05) is 0 Å². The van der Waals surface area contributed by atoms with Gasteiger partial charge < -0.3 is 0 Å². The van der Waals surface area contributed by atoms with Crippen LogP contribution in [-0.2, 0) is 6.16 Å². The SMILES string of the molecule is ClP(Cc1nccs1)(c1ccccc1)(c1ccccc1)c1ccccc1. The third kappa shape index (κ3) is 2.79. The summed E-state index contributed by atoms with van der Waals surface area (Å²) < 4.78 is 0. The molecule has 0 radical (unpaired) electrons. The van der Waals surface area contributed by atoms with Crippen LogP contribution in [0.4, 0.5) is 0 Å². The van der Waals surface area contributed by atoms with E-state index in [1.165, 1.54) is 15.9 Å². The van der Waals surface area contributed by atoms with Crippen molar-refractivity contribution < 1.29 is 0 Å². The minimum absolute atomic E-state index is 0.711. The predicted octanol–water partition coefficient (Wildman–Crippen LogP) is 5.33. The molecule has 0 spiro atoms. The summed E-state index contributed by atoms with van der Waals surface area (Å²) in [6.07, 6.45) is 2.57. The van der Waals surface area contributed by atoms with Crippen LogP contribution in [0.5, 0.6) is 0 Å². The van der Waals surface area contributed by atoms with Gasteiger partial charge >= 0.3 is 163 Å². The number of benzene rings is 3. The van der Waals surface area contributed by atoms with Gasteiger partial charge in [-0.25, -0.2) is 0 Å². The summed E-state index contributed by atoms with van der Waals surface area (Å²) >= 11 is 9.63. The first-order valence-electron chi connectivity index (χ1n) is 8.50. The zero-order chi connectivity index (χ0) is 17.9. The molecule has 26 heavy (non-hydrogen) atoms. The van der Waals surface area contributed by atoms with E-state index in [-0.39, 0.29) is 0 Å². The Kier molecular flexibility index (Phi) is 4.67. The van der Waals surface area contributed by atoms with Crippen LogP contribution >= 0.6 is 28.5 Å². The van der Waals surface area contributed by atoms with E-state index in [9.17, 15) is 0 Å². The third-order valence-electron chi connectivity index (χ3n) is 4.80. The van der Waals surface area contributed by atoms with Crippen molar-refractivity contribution in [1.82, 2.24) is 4.98 Å². The summed E-state index contributed by atoms with van der Waals surface area (Å²) in [4.78, 5) is 4.59. The molecule has 0 fully saturated rings. The molecule has 0 unspecified atom stereocenters. The van der Waals surface area contributed by atoms with Gasteiger partial charge in [0.25, 0.3) is 0 Å². The molecular weight excluding hydrogens is 377 g/mol. The van der Waals surface area contributed by atoms with Crippen LogP contribution < -0.4 is 15.9 Å². The Morgan fingerprint density at radius 1 is 0.692 bits per heavy atom. The molecule has 130 valence electrons. The first-order chi connectivity index (χ1) is 12.7. The van der Waals surface area contributed by atoms with Crippen LogP contribution in [0, 0.1) is 0 Å². The average molecular weight is 396 g/mol. The average Bonchev–Trinajstić information content (AvgIpc) is 3.23. The van der Waals surface area contributed by atoms with Gasteiger partial charge in [-0.05, 0) is 0 Å². The second-order valence-corrected chi connectivity index (χ2v) is 13.7. The number of thiazole rings is 1. The molecule has 0 aliphatic carbocycles. The van der Waals surface area contributed by atoms with Crippen molar-refractivity contribution >= 4 is 44.4 Å². The first kappa shape index (κ1) is 17.4. The number of aromatic nitrogens is 1. The standard InChI is InChI=1S/C22H19ClNPS/c23-25(18-22-24-16-17-26-22,19-10-4-1-5-11-19,20-12-6-2-7-13-20)21-14-8-3-9-15-21/h1-17H,18H2. The van der Waals surface area contributed by atoms with Crippen molar-refractivity contribution in [1.29, 1.82) is 0 Å². The molecule has 0 atom stereocenters. The van der Waals surface area contributed by atoms with Crippen LogP contribution in [0.3, 0.4) is 0 Å². The van der Waals surface area contributed by atoms with Crippen molar-refractivity contribution in [3.05, 3.63) is 108 Å². The van der Waals surface area contributed by atoms with Gasteiger partial charge in [0.15, 0.2) is 0 Å². The molecule has 4 rings (SSSR count). The van der Waals surface area contributed by atoms with Gasteiger partial charge in [0, 0.05) is 0 Å². The molecule has 1 heterocycles. The Bertz CT molecular complexity index is 873. The van der Waals surface area contributed by atoms with Gasteiger partial charge in [0.1, 0.15) is 0 Å². The third-order valence-corrected chi connectivity index (χ3v) is 12.9. The van der Waals surface area contributed by atoms with Crippen molar-refractivity contribution in [2.24, 2.45) is 0 Å². The number of nitrogens with zero attached hydrogens (tertiary/aromatic N) is 1. The molecule has 4 heteroatoms. The zero-order valence-corrected chi connectivity index (χ0v) is 16.7. The molecule has 0 saturated heterocycles. The van der Waals surface area contributed by atoms with Gasteiger partial charge in [-0.2, -0.15) is 0 Å². The van der Waals surface area contributed by atoms with E-state index in [1.54, 1.807) is 11.3 Å². The summed E-state index contributed by atoms with van der Waals surface area (Å²) in [7, 11) is 0. The van der Waals surface area contributed by atoms with Crippen molar-refractivity contribution in [3.8, 4) is 0 Å². The van der Waals surface area contributed by atoms with E-state index in [2.05, 4.69) is 77.8 Å². The normalized spacial score (nSPS) is 13.0. The second-order valence-electron chi connectivity index (χ2n) is 6.27. The first-order valence-corrected chi connectivity index (χ1v) is 12.7. The molecule has 1 aromatic heterocycles. The van der Waals surface area contributed by atoms with Crippen LogP contribution in [0.2, 0.25) is 0 Å². The van der Waals surface area contributed by atoms with Gasteiger partial charge in [0.05, 0.1) is 0 Å². The van der Waals surface area contributed by atoms with Gasteiger partial charge in [0.2, 0.25) is 0 Å². The molecule has 0 amide bonds. The molecule has 4 aromatic rings. The molecule has 1 nitrogen and oxygen atoms in total. The fraction of sp³-hybridized carbons (Fsp3) is 0.0455. The van der Waals surface area contributed by atoms with Crippen LogP contribution in [-0.4, -0.2) is 4.98 Å². The fourth-order valence-electron chi connectivity index (χ4n) is 3.52. The number of rotatable bonds is 5. The summed E-state index contributed by atoms with van der Waals surface area (Å²) in [6.45, 7) is 0. The monoisotopic (exact) mass is 395 g/mol. The van der Waals surface area contributed by atoms with Crippen LogP contribution in [0.1, 0.15) is 5.01 Å². The maximum absolute atomic E-state index is 7.96. The Balaban J connectivity index is 2.10. The van der Waals surface area contributed by atoms with Crippen molar-refractivity contribution in [2.45, 2.75) is 6.16 Å². The summed E-state index contributed by atoms with van der Waals surface area (Å²) in [5.74, 6) is -3.22.